The van der Waals surface area contributed by atoms with Crippen LogP contribution in [0.3, 0.4) is 0 Å². The van der Waals surface area contributed by atoms with Gasteiger partial charge in [-0.3, -0.25) is 4.79 Å². The van der Waals surface area contributed by atoms with E-state index in [1.807, 2.05) is 30.3 Å². The fourth-order valence-electron chi connectivity index (χ4n) is 4.23. The first kappa shape index (κ1) is 17.6. The minimum atomic E-state index is -0.118. The summed E-state index contributed by atoms with van der Waals surface area (Å²) in [4.78, 5) is 12.7. The summed E-state index contributed by atoms with van der Waals surface area (Å²) >= 11 is 0. The third-order valence-corrected chi connectivity index (χ3v) is 5.50. The number of carbonyl (C=O) groups is 1. The maximum atomic E-state index is 12.7. The van der Waals surface area contributed by atoms with E-state index in [1.54, 1.807) is 13.2 Å². The van der Waals surface area contributed by atoms with E-state index in [2.05, 4.69) is 28.9 Å². The minimum absolute atomic E-state index is 0.0494. The van der Waals surface area contributed by atoms with Crippen LogP contribution < -0.4 is 10.6 Å². The summed E-state index contributed by atoms with van der Waals surface area (Å²) in [7, 11) is 1.61. The van der Waals surface area contributed by atoms with Crippen LogP contribution in [-0.4, -0.2) is 31.3 Å². The summed E-state index contributed by atoms with van der Waals surface area (Å²) < 4.78 is 5.02. The minimum Gasteiger partial charge on any atom is -0.508 e. The molecule has 2 aliphatic rings. The molecule has 1 aliphatic heterocycles. The molecule has 4 rings (SSSR count). The lowest BCUT2D eigenvalue weighted by molar-refractivity contribution is 0.0937. The molecule has 1 aliphatic carbocycles. The molecule has 140 valence electrons. The van der Waals surface area contributed by atoms with Crippen molar-refractivity contribution in [1.29, 1.82) is 0 Å². The monoisotopic (exact) mass is 364 g/mol. The Kier molecular flexibility index (Phi) is 4.86. The van der Waals surface area contributed by atoms with E-state index in [0.717, 1.165) is 23.2 Å². The van der Waals surface area contributed by atoms with E-state index < -0.39 is 0 Å². The normalized spacial score (nSPS) is 22.6. The first-order chi connectivity index (χ1) is 13.2. The van der Waals surface area contributed by atoms with Gasteiger partial charge in [0.15, 0.2) is 0 Å². The van der Waals surface area contributed by atoms with Crippen molar-refractivity contribution in [3.8, 4) is 5.75 Å². The number of nitrogens with one attached hydrogen (secondary N) is 2. The molecule has 3 unspecified atom stereocenters. The number of phenols is 1. The van der Waals surface area contributed by atoms with Crippen LogP contribution in [0.4, 0.5) is 5.69 Å². The van der Waals surface area contributed by atoms with Gasteiger partial charge in [0.05, 0.1) is 23.9 Å². The molecule has 0 saturated carbocycles. The van der Waals surface area contributed by atoms with E-state index in [-0.39, 0.29) is 23.6 Å². The zero-order valence-corrected chi connectivity index (χ0v) is 15.3. The van der Waals surface area contributed by atoms with Gasteiger partial charge in [0.1, 0.15) is 5.75 Å². The largest absolute Gasteiger partial charge is 0.508 e. The number of para-hydroxylation sites is 2. The van der Waals surface area contributed by atoms with Crippen LogP contribution in [0.5, 0.6) is 5.75 Å². The number of aromatic hydroxyl groups is 1. The molecule has 0 aromatic heterocycles. The number of ether oxygens (including phenoxy) is 1. The van der Waals surface area contributed by atoms with E-state index in [9.17, 15) is 9.90 Å². The predicted molar refractivity (Wildman–Crippen MR) is 105 cm³/mol. The number of fused-ring (bicyclic) bond motifs is 3. The van der Waals surface area contributed by atoms with Crippen LogP contribution in [0, 0.1) is 5.92 Å². The molecule has 1 heterocycles. The average molecular weight is 364 g/mol. The standard InChI is InChI=1S/C22H24N2O3/c1-27-13-12-23-22(26)18-10-5-9-16-14-7-4-8-15(14)20(24-21(16)18)17-6-2-3-11-19(17)25/h2-7,9-11,14-15,20,24-25H,8,12-13H2,1H3,(H,23,26). The van der Waals surface area contributed by atoms with Gasteiger partial charge in [-0.25, -0.2) is 0 Å². The molecule has 1 amide bonds. The molecule has 2 aromatic rings. The molecule has 5 heteroatoms. The van der Waals surface area contributed by atoms with Crippen LogP contribution in [0.15, 0.2) is 54.6 Å². The predicted octanol–water partition coefficient (Wildman–Crippen LogP) is 3.59. The second kappa shape index (κ2) is 7.45. The maximum Gasteiger partial charge on any atom is 0.253 e. The number of hydrogen-bond donors (Lipinski definition) is 3. The van der Waals surface area contributed by atoms with Crippen molar-refractivity contribution in [2.75, 3.05) is 25.6 Å². The fourth-order valence-corrected chi connectivity index (χ4v) is 4.23. The lowest BCUT2D eigenvalue weighted by Crippen LogP contribution is -2.33. The number of methoxy groups -OCH3 is 1. The number of benzene rings is 2. The van der Waals surface area contributed by atoms with Gasteiger partial charge in [-0.2, -0.15) is 0 Å². The molecule has 5 nitrogen and oxygen atoms in total. The average Bonchev–Trinajstić information content (AvgIpc) is 3.18. The van der Waals surface area contributed by atoms with Crippen LogP contribution >= 0.6 is 0 Å². The van der Waals surface area contributed by atoms with Gasteiger partial charge in [0.25, 0.3) is 5.91 Å². The van der Waals surface area contributed by atoms with Crippen molar-refractivity contribution in [3.63, 3.8) is 0 Å². The quantitative estimate of drug-likeness (QED) is 0.560. The lowest BCUT2D eigenvalue weighted by atomic mass is 9.76. The SMILES string of the molecule is COCCNC(=O)c1cccc2c1NC(c1ccccc1O)C1CC=CC21. The molecule has 0 bridgehead atoms. The molecule has 2 aromatic carbocycles. The van der Waals surface area contributed by atoms with Crippen molar-refractivity contribution in [2.45, 2.75) is 18.4 Å². The van der Waals surface area contributed by atoms with Crippen molar-refractivity contribution in [1.82, 2.24) is 5.32 Å². The Morgan fingerprint density at radius 1 is 1.22 bits per heavy atom. The molecule has 0 radical (unpaired) electrons. The molecular formula is C22H24N2O3. The van der Waals surface area contributed by atoms with Crippen molar-refractivity contribution in [2.24, 2.45) is 5.92 Å². The molecule has 0 saturated heterocycles. The number of carbonyl (C=O) groups excluding carboxylic acids is 1. The van der Waals surface area contributed by atoms with Gasteiger partial charge < -0.3 is 20.5 Å². The highest BCUT2D eigenvalue weighted by Crippen LogP contribution is 2.51. The Hall–Kier alpha value is -2.79. The number of allylic oxidation sites excluding steroid dienone is 2. The van der Waals surface area contributed by atoms with Crippen molar-refractivity contribution in [3.05, 3.63) is 71.3 Å². The summed E-state index contributed by atoms with van der Waals surface area (Å²) in [5, 5.41) is 16.9. The third kappa shape index (κ3) is 3.19. The number of anilines is 1. The highest BCUT2D eigenvalue weighted by atomic mass is 16.5. The lowest BCUT2D eigenvalue weighted by Gasteiger charge is -2.38. The Morgan fingerprint density at radius 3 is 2.85 bits per heavy atom. The van der Waals surface area contributed by atoms with Gasteiger partial charge in [0, 0.05) is 25.1 Å². The second-order valence-corrected chi connectivity index (χ2v) is 7.05. The number of hydrogen-bond acceptors (Lipinski definition) is 4. The third-order valence-electron chi connectivity index (χ3n) is 5.50. The molecular weight excluding hydrogens is 340 g/mol. The first-order valence-electron chi connectivity index (χ1n) is 9.32. The van der Waals surface area contributed by atoms with Gasteiger partial charge >= 0.3 is 0 Å². The van der Waals surface area contributed by atoms with Crippen LogP contribution in [0.1, 0.15) is 39.9 Å². The summed E-state index contributed by atoms with van der Waals surface area (Å²) in [5.74, 6) is 0.717. The van der Waals surface area contributed by atoms with Crippen molar-refractivity contribution < 1.29 is 14.6 Å². The van der Waals surface area contributed by atoms with E-state index in [0.29, 0.717) is 24.6 Å². The zero-order chi connectivity index (χ0) is 18.8. The van der Waals surface area contributed by atoms with Gasteiger partial charge in [-0.15, -0.1) is 0 Å². The van der Waals surface area contributed by atoms with Crippen LogP contribution in [-0.2, 0) is 4.74 Å². The molecule has 0 fully saturated rings. The summed E-state index contributed by atoms with van der Waals surface area (Å²) in [6.07, 6.45) is 5.37. The van der Waals surface area contributed by atoms with E-state index in [4.69, 9.17) is 4.74 Å². The Balaban J connectivity index is 1.72. The number of phenolic OH excluding ortho intramolecular Hbond substituents is 1. The zero-order valence-electron chi connectivity index (χ0n) is 15.3. The highest BCUT2D eigenvalue weighted by molar-refractivity contribution is 6.00. The van der Waals surface area contributed by atoms with E-state index in [1.165, 1.54) is 0 Å². The Morgan fingerprint density at radius 2 is 2.04 bits per heavy atom. The van der Waals surface area contributed by atoms with Gasteiger partial charge in [-0.1, -0.05) is 42.5 Å². The topological polar surface area (TPSA) is 70.6 Å². The number of amides is 1. The molecule has 3 N–H and O–H groups in total. The van der Waals surface area contributed by atoms with Crippen LogP contribution in [0.2, 0.25) is 0 Å². The molecule has 27 heavy (non-hydrogen) atoms. The maximum absolute atomic E-state index is 12.7. The Labute approximate surface area is 159 Å². The summed E-state index contributed by atoms with van der Waals surface area (Å²) in [6.45, 7) is 0.940. The summed E-state index contributed by atoms with van der Waals surface area (Å²) in [6, 6.07) is 13.3. The Bertz CT molecular complexity index is 878. The van der Waals surface area contributed by atoms with E-state index >= 15 is 0 Å². The second-order valence-electron chi connectivity index (χ2n) is 7.05. The summed E-state index contributed by atoms with van der Waals surface area (Å²) in [5.41, 5.74) is 3.49. The molecule has 3 atom stereocenters. The van der Waals surface area contributed by atoms with Crippen molar-refractivity contribution >= 4 is 11.6 Å². The molecule has 0 spiro atoms. The fraction of sp³-hybridized carbons (Fsp3) is 0.318. The van der Waals surface area contributed by atoms with Gasteiger partial charge in [-0.05, 0) is 30.0 Å². The van der Waals surface area contributed by atoms with Gasteiger partial charge in [0.2, 0.25) is 0 Å². The van der Waals surface area contributed by atoms with Crippen LogP contribution in [0.25, 0.3) is 0 Å². The number of rotatable bonds is 5. The smallest absolute Gasteiger partial charge is 0.253 e. The first-order valence-corrected chi connectivity index (χ1v) is 9.32. The highest BCUT2D eigenvalue weighted by Gasteiger charge is 2.40.